The fraction of sp³-hybridized carbons (Fsp3) is 1.00. The van der Waals surface area contributed by atoms with E-state index in [0.717, 1.165) is 32.1 Å². The predicted molar refractivity (Wildman–Crippen MR) is 156 cm³/mol. The molecule has 0 aromatic heterocycles. The van der Waals surface area contributed by atoms with Crippen molar-refractivity contribution >= 4 is 16.1 Å². The zero-order valence-corrected chi connectivity index (χ0v) is 26.4. The van der Waals surface area contributed by atoms with Gasteiger partial charge in [-0.2, -0.15) is 0 Å². The van der Waals surface area contributed by atoms with Gasteiger partial charge in [0.1, 0.15) is 5.60 Å². The van der Waals surface area contributed by atoms with Gasteiger partial charge in [0.05, 0.1) is 6.61 Å². The van der Waals surface area contributed by atoms with E-state index in [-0.39, 0.29) is 6.61 Å². The Labute approximate surface area is 230 Å². The van der Waals surface area contributed by atoms with Gasteiger partial charge in [-0.25, -0.2) is 4.57 Å². The van der Waals surface area contributed by atoms with Crippen molar-refractivity contribution in [2.45, 2.75) is 175 Å². The molecule has 0 aliphatic rings. The Hall–Kier alpha value is 0.130. The third kappa shape index (κ3) is 38.3. The van der Waals surface area contributed by atoms with Crippen LogP contribution in [-0.2, 0) is 18.2 Å². The highest BCUT2D eigenvalue weighted by atomic mass is 31.2. The second-order valence-electron chi connectivity index (χ2n) is 10.9. The van der Waals surface area contributed by atoms with E-state index in [1.807, 2.05) is 13.8 Å². The molecular weight excluding hydrogens is 510 g/mol. The van der Waals surface area contributed by atoms with Crippen LogP contribution in [-0.4, -0.2) is 26.9 Å². The molecule has 7 nitrogen and oxygen atoms in total. The molecule has 1 unspecified atom stereocenters. The van der Waals surface area contributed by atoms with Crippen molar-refractivity contribution in [3.8, 4) is 0 Å². The van der Waals surface area contributed by atoms with E-state index in [9.17, 15) is 9.13 Å². The largest absolute Gasteiger partial charge is 0.695 e. The van der Waals surface area contributed by atoms with Crippen LogP contribution in [0.25, 0.3) is 0 Å². The number of hydrogen-bond donors (Lipinski definition) is 3. The van der Waals surface area contributed by atoms with Crippen LogP contribution in [0.3, 0.4) is 0 Å². The fourth-order valence-corrected chi connectivity index (χ4v) is 5.13. The van der Waals surface area contributed by atoms with Crippen molar-refractivity contribution in [1.29, 1.82) is 0 Å². The molecule has 0 rings (SSSR count). The van der Waals surface area contributed by atoms with Gasteiger partial charge in [-0.15, -0.1) is 9.42 Å². The number of phosphoric ester groups is 1. The second kappa shape index (κ2) is 27.7. The molecule has 0 saturated carbocycles. The van der Waals surface area contributed by atoms with Gasteiger partial charge in [0.25, 0.3) is 0 Å². The first-order chi connectivity index (χ1) is 17.5. The maximum absolute atomic E-state index is 10.7. The van der Waals surface area contributed by atoms with Crippen molar-refractivity contribution in [1.82, 2.24) is 0 Å². The summed E-state index contributed by atoms with van der Waals surface area (Å²) in [4.78, 5) is 25.5. The van der Waals surface area contributed by atoms with E-state index >= 15 is 0 Å². The third-order valence-corrected chi connectivity index (χ3v) is 7.63. The van der Waals surface area contributed by atoms with Crippen LogP contribution in [0, 0.1) is 0 Å². The van der Waals surface area contributed by atoms with Crippen molar-refractivity contribution in [3.63, 3.8) is 0 Å². The summed E-state index contributed by atoms with van der Waals surface area (Å²) in [7, 11) is -6.71. The highest BCUT2D eigenvalue weighted by molar-refractivity contribution is 7.46. The standard InChI is InChI=1S/C20H41O3P.C8H19O4P/c1-4-5-6-7-8-9-10-11-12-13-14-15-16-17-18-19-20(2,3)23-24(21)22;1-2-3-4-5-6-7-8-12-13(9,10)11/h4-19H2,1-3H3;2-8H2,1H3,(H2,9,10,11)/p+1. The van der Waals surface area contributed by atoms with Gasteiger partial charge < -0.3 is 9.79 Å². The van der Waals surface area contributed by atoms with E-state index in [1.165, 1.54) is 109 Å². The van der Waals surface area contributed by atoms with Crippen molar-refractivity contribution < 1.29 is 32.9 Å². The highest BCUT2D eigenvalue weighted by Crippen LogP contribution is 2.35. The molecular formula is C28H61O7P2+. The summed E-state index contributed by atoms with van der Waals surface area (Å²) in [6.07, 6.45) is 27.7. The summed E-state index contributed by atoms with van der Waals surface area (Å²) in [6, 6.07) is 0. The summed E-state index contributed by atoms with van der Waals surface area (Å²) < 4.78 is 30.3. The first kappa shape index (κ1) is 39.3. The molecule has 0 bridgehead atoms. The molecule has 0 spiro atoms. The SMILES string of the molecule is CCCCCCCCCCCCCCCCCC(C)(C)O[P+](=O)O.CCCCCCCCOP(=O)(O)O. The van der Waals surface area contributed by atoms with Crippen molar-refractivity contribution in [3.05, 3.63) is 0 Å². The van der Waals surface area contributed by atoms with Gasteiger partial charge in [-0.1, -0.05) is 142 Å². The van der Waals surface area contributed by atoms with Gasteiger partial charge >= 0.3 is 16.1 Å². The molecule has 0 aliphatic heterocycles. The molecule has 37 heavy (non-hydrogen) atoms. The number of unbranched alkanes of at least 4 members (excludes halogenated alkanes) is 19. The minimum absolute atomic E-state index is 0.163. The maximum atomic E-state index is 10.7. The van der Waals surface area contributed by atoms with Crippen LogP contribution in [0.15, 0.2) is 0 Å². The fourth-order valence-electron chi connectivity index (χ4n) is 4.24. The Bertz CT molecular complexity index is 539. The van der Waals surface area contributed by atoms with Crippen molar-refractivity contribution in [2.75, 3.05) is 6.61 Å². The lowest BCUT2D eigenvalue weighted by atomic mass is 9.99. The Morgan fingerprint density at radius 2 is 0.946 bits per heavy atom. The van der Waals surface area contributed by atoms with Gasteiger partial charge in [0.15, 0.2) is 0 Å². The lowest BCUT2D eigenvalue weighted by Gasteiger charge is -2.16. The average molecular weight is 572 g/mol. The molecule has 0 amide bonds. The second-order valence-corrected chi connectivity index (χ2v) is 12.8. The van der Waals surface area contributed by atoms with E-state index in [4.69, 9.17) is 19.2 Å². The monoisotopic (exact) mass is 571 g/mol. The molecule has 0 aromatic rings. The number of rotatable bonds is 26. The summed E-state index contributed by atoms with van der Waals surface area (Å²) in [5, 5.41) is 0. The smallest absolute Gasteiger partial charge is 0.303 e. The summed E-state index contributed by atoms with van der Waals surface area (Å²) in [5.41, 5.74) is -0.473. The van der Waals surface area contributed by atoms with Gasteiger partial charge in [0, 0.05) is 4.57 Å². The Morgan fingerprint density at radius 1 is 0.622 bits per heavy atom. The van der Waals surface area contributed by atoms with Crippen LogP contribution in [0.4, 0.5) is 0 Å². The third-order valence-electron chi connectivity index (χ3n) is 6.46. The van der Waals surface area contributed by atoms with E-state index < -0.39 is 21.7 Å². The molecule has 3 N–H and O–H groups in total. The topological polar surface area (TPSA) is 113 Å². The number of phosphoric acid groups is 1. The minimum Gasteiger partial charge on any atom is -0.303 e. The first-order valence-corrected chi connectivity index (χ1v) is 17.8. The highest BCUT2D eigenvalue weighted by Gasteiger charge is 2.30. The van der Waals surface area contributed by atoms with Crippen LogP contribution in [0.2, 0.25) is 0 Å². The van der Waals surface area contributed by atoms with Crippen LogP contribution in [0.1, 0.15) is 169 Å². The normalized spacial score (nSPS) is 12.4. The summed E-state index contributed by atoms with van der Waals surface area (Å²) in [6.45, 7) is 8.37. The van der Waals surface area contributed by atoms with E-state index in [1.54, 1.807) is 0 Å². The molecule has 1 atom stereocenters. The quantitative estimate of drug-likeness (QED) is 0.0699. The molecule has 9 heteroatoms. The van der Waals surface area contributed by atoms with Crippen LogP contribution < -0.4 is 0 Å². The van der Waals surface area contributed by atoms with Crippen LogP contribution in [0.5, 0.6) is 0 Å². The summed E-state index contributed by atoms with van der Waals surface area (Å²) >= 11 is 0. The molecule has 0 radical (unpaired) electrons. The molecule has 224 valence electrons. The summed E-state index contributed by atoms with van der Waals surface area (Å²) in [5.74, 6) is 0. The lowest BCUT2D eigenvalue weighted by Crippen LogP contribution is -2.20. The predicted octanol–water partition coefficient (Wildman–Crippen LogP) is 10.1. The van der Waals surface area contributed by atoms with E-state index in [2.05, 4.69) is 18.4 Å². The first-order valence-electron chi connectivity index (χ1n) is 15.1. The van der Waals surface area contributed by atoms with Gasteiger partial charge in [-0.3, -0.25) is 4.52 Å². The zero-order chi connectivity index (χ0) is 28.3. The molecule has 0 fully saturated rings. The Kier molecular flexibility index (Phi) is 29.4. The molecule has 0 aliphatic carbocycles. The molecule has 0 heterocycles. The Balaban J connectivity index is 0. The van der Waals surface area contributed by atoms with Gasteiger partial charge in [-0.05, 0) is 26.7 Å². The maximum Gasteiger partial charge on any atom is 0.695 e. The Morgan fingerprint density at radius 3 is 1.27 bits per heavy atom. The van der Waals surface area contributed by atoms with Crippen molar-refractivity contribution in [2.24, 2.45) is 0 Å². The van der Waals surface area contributed by atoms with Gasteiger partial charge in [0.2, 0.25) is 0 Å². The number of hydrogen-bond acceptors (Lipinski definition) is 4. The van der Waals surface area contributed by atoms with E-state index in [0.29, 0.717) is 0 Å². The van der Waals surface area contributed by atoms with Crippen LogP contribution >= 0.6 is 16.1 Å². The average Bonchev–Trinajstić information content (AvgIpc) is 2.80. The zero-order valence-electron chi connectivity index (χ0n) is 24.6. The minimum atomic E-state index is -4.23. The molecule has 0 saturated heterocycles. The molecule has 0 aromatic carbocycles. The lowest BCUT2D eigenvalue weighted by molar-refractivity contribution is 0.0909.